The Morgan fingerprint density at radius 1 is 0.889 bits per heavy atom. The van der Waals surface area contributed by atoms with Gasteiger partial charge in [-0.05, 0) is 0 Å². The van der Waals surface area contributed by atoms with Crippen molar-refractivity contribution in [3.05, 3.63) is 0 Å². The van der Waals surface area contributed by atoms with Crippen LogP contribution in [0.4, 0.5) is 0 Å². The molecule has 0 N–H and O–H groups in total. The van der Waals surface area contributed by atoms with E-state index in [0.29, 0.717) is 7.87 Å². The summed E-state index contributed by atoms with van der Waals surface area (Å²) in [5, 5.41) is 0. The zero-order valence-corrected chi connectivity index (χ0v) is 10.8. The van der Waals surface area contributed by atoms with Crippen molar-refractivity contribution in [3.63, 3.8) is 0 Å². The Bertz CT molecular complexity index is 79.1. The number of halogens is 2. The van der Waals surface area contributed by atoms with Crippen LogP contribution in [0.5, 0.6) is 0 Å². The summed E-state index contributed by atoms with van der Waals surface area (Å²) in [5.74, 6) is 0. The summed E-state index contributed by atoms with van der Waals surface area (Å²) in [6, 6.07) is 0. The third-order valence-corrected chi connectivity index (χ3v) is 22.0. The SMILES string of the molecule is C[CH](C)[Sn]([Cl])([Cl])[CH](C)C. The monoisotopic (exact) mass is 276 g/mol. The molecule has 0 aromatic carbocycles. The quantitative estimate of drug-likeness (QED) is 0.674. The van der Waals surface area contributed by atoms with Gasteiger partial charge in [0, 0.05) is 0 Å². The second kappa shape index (κ2) is 3.68. The molecule has 0 rings (SSSR count). The van der Waals surface area contributed by atoms with E-state index in [1.165, 1.54) is 0 Å². The summed E-state index contributed by atoms with van der Waals surface area (Å²) in [7, 11) is 12.4. The van der Waals surface area contributed by atoms with Crippen LogP contribution in [-0.2, 0) is 0 Å². The van der Waals surface area contributed by atoms with Gasteiger partial charge in [-0.2, -0.15) is 0 Å². The van der Waals surface area contributed by atoms with Crippen LogP contribution < -0.4 is 0 Å². The van der Waals surface area contributed by atoms with Crippen LogP contribution in [0.25, 0.3) is 0 Å². The first-order chi connectivity index (χ1) is 3.89. The van der Waals surface area contributed by atoms with E-state index >= 15 is 0 Å². The van der Waals surface area contributed by atoms with E-state index < -0.39 is 16.1 Å². The van der Waals surface area contributed by atoms with Crippen LogP contribution in [0.15, 0.2) is 0 Å². The first-order valence-corrected chi connectivity index (χ1v) is 13.8. The van der Waals surface area contributed by atoms with E-state index in [-0.39, 0.29) is 0 Å². The molecule has 0 atom stereocenters. The van der Waals surface area contributed by atoms with Gasteiger partial charge in [-0.15, -0.1) is 0 Å². The van der Waals surface area contributed by atoms with E-state index in [9.17, 15) is 0 Å². The molecule has 0 aromatic heterocycles. The molecule has 3 heteroatoms. The standard InChI is InChI=1S/2C3H7.2ClH.Sn/c2*1-3-2;;;/h2*3H,1-2H3;2*1H;/q;;;;+2/p-2. The van der Waals surface area contributed by atoms with Crippen molar-refractivity contribution in [3.8, 4) is 0 Å². The fraction of sp³-hybridized carbons (Fsp3) is 1.00. The Labute approximate surface area is 69.2 Å². The van der Waals surface area contributed by atoms with Crippen LogP contribution in [0.2, 0.25) is 7.87 Å². The van der Waals surface area contributed by atoms with Crippen LogP contribution >= 0.6 is 17.8 Å². The van der Waals surface area contributed by atoms with Gasteiger partial charge in [-0.25, -0.2) is 0 Å². The Morgan fingerprint density at radius 2 is 1.11 bits per heavy atom. The van der Waals surface area contributed by atoms with Crippen molar-refractivity contribution in [1.29, 1.82) is 0 Å². The van der Waals surface area contributed by atoms with Crippen molar-refractivity contribution in [2.45, 2.75) is 35.6 Å². The van der Waals surface area contributed by atoms with Crippen LogP contribution in [0.3, 0.4) is 0 Å². The van der Waals surface area contributed by atoms with E-state index in [4.69, 9.17) is 17.8 Å². The third kappa shape index (κ3) is 2.85. The summed E-state index contributed by atoms with van der Waals surface area (Å²) in [5.41, 5.74) is 0. The molecular weight excluding hydrogens is 262 g/mol. The molecule has 9 heavy (non-hydrogen) atoms. The van der Waals surface area contributed by atoms with Gasteiger partial charge in [0.15, 0.2) is 0 Å². The minimum atomic E-state index is -2.61. The Kier molecular flexibility index (Phi) is 4.24. The topological polar surface area (TPSA) is 0 Å². The van der Waals surface area contributed by atoms with E-state index in [1.54, 1.807) is 0 Å². The fourth-order valence-corrected chi connectivity index (χ4v) is 4.47. The normalized spacial score (nSPS) is 13.3. The Balaban J connectivity index is 4.01. The van der Waals surface area contributed by atoms with Crippen LogP contribution in [0, 0.1) is 0 Å². The summed E-state index contributed by atoms with van der Waals surface area (Å²) in [6.45, 7) is 8.48. The summed E-state index contributed by atoms with van der Waals surface area (Å²) < 4.78 is 1.06. The van der Waals surface area contributed by atoms with Crippen molar-refractivity contribution in [2.75, 3.05) is 0 Å². The second-order valence-electron chi connectivity index (χ2n) is 2.98. The maximum absolute atomic E-state index is 6.18. The molecule has 0 nitrogen and oxygen atoms in total. The molecule has 0 spiro atoms. The van der Waals surface area contributed by atoms with Crippen molar-refractivity contribution >= 4 is 34.0 Å². The first-order valence-electron chi connectivity index (χ1n) is 3.26. The average molecular weight is 276 g/mol. The molecule has 0 aliphatic heterocycles. The predicted octanol–water partition coefficient (Wildman–Crippen LogP) is 3.73. The zero-order chi connectivity index (χ0) is 7.65. The van der Waals surface area contributed by atoms with Gasteiger partial charge in [0.25, 0.3) is 0 Å². The summed E-state index contributed by atoms with van der Waals surface area (Å²) in [6.07, 6.45) is 0. The number of rotatable bonds is 2. The third-order valence-electron chi connectivity index (χ3n) is 1.54. The van der Waals surface area contributed by atoms with Gasteiger partial charge in [-0.1, -0.05) is 0 Å². The summed E-state index contributed by atoms with van der Waals surface area (Å²) >= 11 is -2.61. The molecule has 0 heterocycles. The van der Waals surface area contributed by atoms with Crippen molar-refractivity contribution in [2.24, 2.45) is 0 Å². The molecule has 0 unspecified atom stereocenters. The van der Waals surface area contributed by atoms with Gasteiger partial charge in [-0.3, -0.25) is 0 Å². The molecule has 0 radical (unpaired) electrons. The van der Waals surface area contributed by atoms with Crippen LogP contribution in [-0.4, -0.2) is 16.1 Å². The first kappa shape index (κ1) is 10.4. The van der Waals surface area contributed by atoms with Gasteiger partial charge >= 0.3 is 69.5 Å². The Hall–Kier alpha value is 1.38. The van der Waals surface area contributed by atoms with E-state index in [2.05, 4.69) is 27.7 Å². The molecule has 56 valence electrons. The fourth-order valence-electron chi connectivity index (χ4n) is 0.667. The minimum absolute atomic E-state index is 0.530. The average Bonchev–Trinajstić information content (AvgIpc) is 1.65. The van der Waals surface area contributed by atoms with E-state index in [1.807, 2.05) is 0 Å². The van der Waals surface area contributed by atoms with Crippen LogP contribution in [0.1, 0.15) is 27.7 Å². The van der Waals surface area contributed by atoms with Gasteiger partial charge in [0.1, 0.15) is 0 Å². The second-order valence-corrected chi connectivity index (χ2v) is 23.1. The molecule has 0 fully saturated rings. The zero-order valence-electron chi connectivity index (χ0n) is 6.41. The van der Waals surface area contributed by atoms with Crippen molar-refractivity contribution in [1.82, 2.24) is 0 Å². The molecule has 0 saturated heterocycles. The predicted molar refractivity (Wildman–Crippen MR) is 47.7 cm³/mol. The molecular formula is C6H14Cl2Sn. The van der Waals surface area contributed by atoms with Crippen molar-refractivity contribution < 1.29 is 0 Å². The molecule has 0 aliphatic carbocycles. The van der Waals surface area contributed by atoms with Gasteiger partial charge < -0.3 is 0 Å². The van der Waals surface area contributed by atoms with Gasteiger partial charge in [0.05, 0.1) is 0 Å². The maximum atomic E-state index is 6.18. The summed E-state index contributed by atoms with van der Waals surface area (Å²) in [4.78, 5) is 0. The number of hydrogen-bond acceptors (Lipinski definition) is 0. The molecule has 0 amide bonds. The molecule has 0 bridgehead atoms. The van der Waals surface area contributed by atoms with E-state index in [0.717, 1.165) is 0 Å². The molecule has 0 aromatic rings. The molecule has 0 saturated carbocycles. The molecule has 0 aliphatic rings. The van der Waals surface area contributed by atoms with Gasteiger partial charge in [0.2, 0.25) is 0 Å². The Morgan fingerprint density at radius 3 is 1.11 bits per heavy atom. The number of hydrogen-bond donors (Lipinski definition) is 0.